The summed E-state index contributed by atoms with van der Waals surface area (Å²) in [5.74, 6) is 0.922. The summed E-state index contributed by atoms with van der Waals surface area (Å²) in [7, 11) is 0. The number of thiophene rings is 1. The third kappa shape index (κ3) is 2.56. The van der Waals surface area contributed by atoms with E-state index < -0.39 is 0 Å². The third-order valence-corrected chi connectivity index (χ3v) is 3.78. The molecule has 1 fully saturated rings. The molecule has 1 aromatic heterocycles. The van der Waals surface area contributed by atoms with Crippen molar-refractivity contribution in [1.29, 1.82) is 0 Å². The van der Waals surface area contributed by atoms with Crippen LogP contribution in [0.2, 0.25) is 0 Å². The fraction of sp³-hybridized carbons (Fsp3) is 0.636. The molecule has 1 saturated heterocycles. The molecule has 2 N–H and O–H groups in total. The van der Waals surface area contributed by atoms with Crippen molar-refractivity contribution in [2.24, 2.45) is 5.92 Å². The van der Waals surface area contributed by atoms with Crippen LogP contribution in [0.1, 0.15) is 17.5 Å². The Morgan fingerprint density at radius 3 is 2.93 bits per heavy atom. The summed E-state index contributed by atoms with van der Waals surface area (Å²) in [6, 6.07) is 0. The zero-order valence-corrected chi connectivity index (χ0v) is 9.49. The molecule has 1 aliphatic rings. The first-order valence-electron chi connectivity index (χ1n) is 5.29. The van der Waals surface area contributed by atoms with Gasteiger partial charge in [0.1, 0.15) is 0 Å². The molecule has 0 bridgehead atoms. The fourth-order valence-corrected chi connectivity index (χ4v) is 2.51. The van der Waals surface area contributed by atoms with Crippen LogP contribution in [0.25, 0.3) is 0 Å². The summed E-state index contributed by atoms with van der Waals surface area (Å²) in [6.07, 6.45) is 1.32. The van der Waals surface area contributed by atoms with E-state index in [-0.39, 0.29) is 0 Å². The van der Waals surface area contributed by atoms with E-state index in [0.29, 0.717) is 0 Å². The minimum absolute atomic E-state index is 0.922. The van der Waals surface area contributed by atoms with Gasteiger partial charge < -0.3 is 10.6 Å². The SMILES string of the molecule is Cc1cscc1CNCCC1CNC1. The quantitative estimate of drug-likeness (QED) is 0.724. The van der Waals surface area contributed by atoms with Gasteiger partial charge >= 0.3 is 0 Å². The lowest BCUT2D eigenvalue weighted by molar-refractivity contribution is 0.322. The van der Waals surface area contributed by atoms with Gasteiger partial charge in [0.05, 0.1) is 0 Å². The molecule has 0 unspecified atom stereocenters. The van der Waals surface area contributed by atoms with E-state index in [1.165, 1.54) is 30.6 Å². The van der Waals surface area contributed by atoms with Crippen LogP contribution in [0.3, 0.4) is 0 Å². The van der Waals surface area contributed by atoms with Crippen molar-refractivity contribution in [2.75, 3.05) is 19.6 Å². The number of nitrogens with one attached hydrogen (secondary N) is 2. The molecule has 0 spiro atoms. The van der Waals surface area contributed by atoms with Gasteiger partial charge in [-0.1, -0.05) is 0 Å². The zero-order valence-electron chi connectivity index (χ0n) is 8.68. The van der Waals surface area contributed by atoms with E-state index in [1.54, 1.807) is 11.3 Å². The molecule has 0 aliphatic carbocycles. The molecule has 2 heterocycles. The smallest absolute Gasteiger partial charge is 0.0216 e. The maximum Gasteiger partial charge on any atom is 0.0216 e. The minimum Gasteiger partial charge on any atom is -0.316 e. The number of rotatable bonds is 5. The van der Waals surface area contributed by atoms with Gasteiger partial charge in [-0.3, -0.25) is 0 Å². The third-order valence-electron chi connectivity index (χ3n) is 2.87. The first-order chi connectivity index (χ1) is 6.86. The Morgan fingerprint density at radius 1 is 1.50 bits per heavy atom. The van der Waals surface area contributed by atoms with Crippen molar-refractivity contribution in [2.45, 2.75) is 19.9 Å². The van der Waals surface area contributed by atoms with Gasteiger partial charge in [0, 0.05) is 6.54 Å². The van der Waals surface area contributed by atoms with Crippen molar-refractivity contribution in [3.8, 4) is 0 Å². The van der Waals surface area contributed by atoms with Crippen molar-refractivity contribution >= 4 is 11.3 Å². The minimum atomic E-state index is 0.922. The predicted molar refractivity (Wildman–Crippen MR) is 61.7 cm³/mol. The maximum atomic E-state index is 3.51. The molecule has 78 valence electrons. The first-order valence-corrected chi connectivity index (χ1v) is 6.23. The molecule has 0 amide bonds. The molecule has 2 rings (SSSR count). The summed E-state index contributed by atoms with van der Waals surface area (Å²) >= 11 is 1.80. The molecule has 2 nitrogen and oxygen atoms in total. The lowest BCUT2D eigenvalue weighted by Crippen LogP contribution is -2.43. The van der Waals surface area contributed by atoms with Gasteiger partial charge in [0.2, 0.25) is 0 Å². The van der Waals surface area contributed by atoms with Gasteiger partial charge in [0.15, 0.2) is 0 Å². The van der Waals surface area contributed by atoms with Gasteiger partial charge in [-0.25, -0.2) is 0 Å². The second-order valence-electron chi connectivity index (χ2n) is 4.07. The Balaban J connectivity index is 1.60. The molecular formula is C11H18N2S. The molecule has 14 heavy (non-hydrogen) atoms. The largest absolute Gasteiger partial charge is 0.316 e. The Labute approximate surface area is 89.7 Å². The van der Waals surface area contributed by atoms with Crippen LogP contribution in [0.4, 0.5) is 0 Å². The average Bonchev–Trinajstić information content (AvgIpc) is 2.48. The van der Waals surface area contributed by atoms with E-state index in [0.717, 1.165) is 19.0 Å². The van der Waals surface area contributed by atoms with Crippen molar-refractivity contribution < 1.29 is 0 Å². The van der Waals surface area contributed by atoms with E-state index in [9.17, 15) is 0 Å². The normalized spacial score (nSPS) is 16.9. The van der Waals surface area contributed by atoms with Crippen LogP contribution in [-0.4, -0.2) is 19.6 Å². The molecule has 0 aromatic carbocycles. The summed E-state index contributed by atoms with van der Waals surface area (Å²) < 4.78 is 0. The highest BCUT2D eigenvalue weighted by Crippen LogP contribution is 2.13. The van der Waals surface area contributed by atoms with Crippen LogP contribution in [0.5, 0.6) is 0 Å². The fourth-order valence-electron chi connectivity index (χ4n) is 1.65. The summed E-state index contributed by atoms with van der Waals surface area (Å²) in [6.45, 7) is 6.82. The van der Waals surface area contributed by atoms with Gasteiger partial charge in [0.25, 0.3) is 0 Å². The molecule has 0 atom stereocenters. The molecule has 0 saturated carbocycles. The monoisotopic (exact) mass is 210 g/mol. The van der Waals surface area contributed by atoms with Gasteiger partial charge in [-0.2, -0.15) is 11.3 Å². The lowest BCUT2D eigenvalue weighted by Gasteiger charge is -2.26. The summed E-state index contributed by atoms with van der Waals surface area (Å²) in [5, 5.41) is 11.3. The van der Waals surface area contributed by atoms with Gasteiger partial charge in [-0.05, 0) is 60.8 Å². The number of aryl methyl sites for hydroxylation is 1. The molecular weight excluding hydrogens is 192 g/mol. The highest BCUT2D eigenvalue weighted by atomic mass is 32.1. The van der Waals surface area contributed by atoms with Crippen molar-refractivity contribution in [1.82, 2.24) is 10.6 Å². The average molecular weight is 210 g/mol. The van der Waals surface area contributed by atoms with Crippen molar-refractivity contribution in [3.05, 3.63) is 21.9 Å². The summed E-state index contributed by atoms with van der Waals surface area (Å²) in [4.78, 5) is 0. The Bertz CT molecular complexity index is 279. The van der Waals surface area contributed by atoms with Crippen LogP contribution in [-0.2, 0) is 6.54 Å². The Hall–Kier alpha value is -0.380. The highest BCUT2D eigenvalue weighted by molar-refractivity contribution is 7.08. The summed E-state index contributed by atoms with van der Waals surface area (Å²) in [5.41, 5.74) is 2.88. The van der Waals surface area contributed by atoms with Crippen LogP contribution < -0.4 is 10.6 Å². The second kappa shape index (κ2) is 4.91. The van der Waals surface area contributed by atoms with E-state index >= 15 is 0 Å². The molecule has 1 aromatic rings. The van der Waals surface area contributed by atoms with Crippen molar-refractivity contribution in [3.63, 3.8) is 0 Å². The molecule has 1 aliphatic heterocycles. The second-order valence-corrected chi connectivity index (χ2v) is 4.81. The van der Waals surface area contributed by atoms with Crippen LogP contribution in [0.15, 0.2) is 10.8 Å². The highest BCUT2D eigenvalue weighted by Gasteiger charge is 2.15. The van der Waals surface area contributed by atoms with E-state index in [4.69, 9.17) is 0 Å². The zero-order chi connectivity index (χ0) is 9.80. The van der Waals surface area contributed by atoms with Crippen LogP contribution in [0, 0.1) is 12.8 Å². The first kappa shape index (κ1) is 10.1. The Morgan fingerprint density at radius 2 is 2.36 bits per heavy atom. The lowest BCUT2D eigenvalue weighted by atomic mass is 10.00. The van der Waals surface area contributed by atoms with E-state index in [1.807, 2.05) is 0 Å². The van der Waals surface area contributed by atoms with Gasteiger partial charge in [-0.15, -0.1) is 0 Å². The Kier molecular flexibility index (Phi) is 3.56. The predicted octanol–water partition coefficient (Wildman–Crippen LogP) is 1.76. The maximum absolute atomic E-state index is 3.51. The molecule has 3 heteroatoms. The topological polar surface area (TPSA) is 24.1 Å². The van der Waals surface area contributed by atoms with E-state index in [2.05, 4.69) is 28.3 Å². The standard InChI is InChI=1S/C11H18N2S/c1-9-7-14-8-11(9)6-12-3-2-10-4-13-5-10/h7-8,10,12-13H,2-6H2,1H3. The number of hydrogen-bond acceptors (Lipinski definition) is 3. The number of hydrogen-bond donors (Lipinski definition) is 2. The van der Waals surface area contributed by atoms with Crippen LogP contribution >= 0.6 is 11.3 Å². The molecule has 0 radical (unpaired) electrons.